The Bertz CT molecular complexity index is 450. The molecule has 1 aliphatic heterocycles. The summed E-state index contributed by atoms with van der Waals surface area (Å²) < 4.78 is 1.22. The van der Waals surface area contributed by atoms with Crippen molar-refractivity contribution in [3.8, 4) is 0 Å². The molecule has 0 bridgehead atoms. The van der Waals surface area contributed by atoms with Gasteiger partial charge in [0.25, 0.3) is 0 Å². The van der Waals surface area contributed by atoms with Crippen LogP contribution in [0.4, 0.5) is 0 Å². The molecule has 1 aromatic rings. The number of benzene rings is 1. The van der Waals surface area contributed by atoms with E-state index in [-0.39, 0.29) is 0 Å². The predicted molar refractivity (Wildman–Crippen MR) is 88.0 cm³/mol. The van der Waals surface area contributed by atoms with Crippen molar-refractivity contribution < 1.29 is 0 Å². The monoisotopic (exact) mass is 336 g/mol. The van der Waals surface area contributed by atoms with E-state index in [9.17, 15) is 0 Å². The normalized spacial score (nSPS) is 23.2. The van der Waals surface area contributed by atoms with Gasteiger partial charge in [-0.3, -0.25) is 4.90 Å². The minimum atomic E-state index is 0.709. The van der Waals surface area contributed by atoms with Crippen LogP contribution in [-0.4, -0.2) is 30.1 Å². The van der Waals surface area contributed by atoms with Gasteiger partial charge in [0.1, 0.15) is 0 Å². The fourth-order valence-corrected chi connectivity index (χ4v) is 3.43. The van der Waals surface area contributed by atoms with E-state index in [2.05, 4.69) is 51.3 Å². The fraction of sp³-hybridized carbons (Fsp3) is 0.647. The molecule has 0 aromatic heterocycles. The molecule has 0 spiro atoms. The van der Waals surface area contributed by atoms with Gasteiger partial charge < -0.3 is 5.32 Å². The molecule has 2 fully saturated rings. The number of nitrogens with zero attached hydrogens (tertiary/aromatic N) is 1. The van der Waals surface area contributed by atoms with Crippen LogP contribution in [0.25, 0.3) is 0 Å². The lowest BCUT2D eigenvalue weighted by Crippen LogP contribution is -2.44. The summed E-state index contributed by atoms with van der Waals surface area (Å²) in [6, 6.07) is 8.33. The molecule has 0 radical (unpaired) electrons. The third kappa shape index (κ3) is 3.84. The van der Waals surface area contributed by atoms with Gasteiger partial charge in [-0.25, -0.2) is 0 Å². The Morgan fingerprint density at radius 3 is 2.75 bits per heavy atom. The third-order valence-electron chi connectivity index (χ3n) is 4.54. The average molecular weight is 337 g/mol. The number of hydrogen-bond acceptors (Lipinski definition) is 2. The van der Waals surface area contributed by atoms with Crippen LogP contribution in [0.3, 0.4) is 0 Å². The molecule has 2 nitrogen and oxygen atoms in total. The van der Waals surface area contributed by atoms with Crippen molar-refractivity contribution in [2.24, 2.45) is 0 Å². The van der Waals surface area contributed by atoms with E-state index in [1.54, 1.807) is 0 Å². The second-order valence-corrected chi connectivity index (χ2v) is 7.25. The largest absolute Gasteiger partial charge is 0.313 e. The van der Waals surface area contributed by atoms with Crippen LogP contribution < -0.4 is 5.32 Å². The molecule has 1 heterocycles. The number of aryl methyl sites for hydroxylation is 1. The summed E-state index contributed by atoms with van der Waals surface area (Å²) in [5, 5.41) is 3.69. The lowest BCUT2D eigenvalue weighted by Gasteiger charge is -2.30. The van der Waals surface area contributed by atoms with Gasteiger partial charge in [0.15, 0.2) is 0 Å². The highest BCUT2D eigenvalue weighted by molar-refractivity contribution is 9.10. The Morgan fingerprint density at radius 2 is 2.10 bits per heavy atom. The van der Waals surface area contributed by atoms with Crippen LogP contribution in [0.15, 0.2) is 22.7 Å². The molecule has 1 aromatic carbocycles. The Balaban J connectivity index is 1.62. The topological polar surface area (TPSA) is 15.3 Å². The van der Waals surface area contributed by atoms with E-state index >= 15 is 0 Å². The Morgan fingerprint density at radius 1 is 1.25 bits per heavy atom. The molecule has 1 atom stereocenters. The van der Waals surface area contributed by atoms with Gasteiger partial charge >= 0.3 is 0 Å². The van der Waals surface area contributed by atoms with Crippen LogP contribution in [0.5, 0.6) is 0 Å². The van der Waals surface area contributed by atoms with E-state index in [1.165, 1.54) is 60.8 Å². The average Bonchev–Trinajstić information content (AvgIpc) is 3.28. The second kappa shape index (κ2) is 6.59. The zero-order chi connectivity index (χ0) is 13.9. The van der Waals surface area contributed by atoms with Gasteiger partial charge in [-0.05, 0) is 56.3 Å². The van der Waals surface area contributed by atoms with Gasteiger partial charge in [-0.15, -0.1) is 0 Å². The van der Waals surface area contributed by atoms with E-state index in [1.807, 2.05) is 0 Å². The van der Waals surface area contributed by atoms with Crippen LogP contribution in [0.1, 0.15) is 43.2 Å². The molecule has 0 amide bonds. The lowest BCUT2D eigenvalue weighted by atomic mass is 10.0. The SMILES string of the molecule is Cc1cc(CN(CC2CCCCN2)C2CC2)ccc1Br. The Hall–Kier alpha value is -0.380. The molecule has 3 heteroatoms. The molecule has 3 rings (SSSR count). The first-order valence-electron chi connectivity index (χ1n) is 7.95. The summed E-state index contributed by atoms with van der Waals surface area (Å²) in [4.78, 5) is 2.70. The zero-order valence-corrected chi connectivity index (χ0v) is 14.0. The smallest absolute Gasteiger partial charge is 0.0237 e. The molecular formula is C17H25BrN2. The van der Waals surface area contributed by atoms with Crippen LogP contribution in [0.2, 0.25) is 0 Å². The third-order valence-corrected chi connectivity index (χ3v) is 5.43. The molecule has 2 aliphatic rings. The quantitative estimate of drug-likeness (QED) is 0.878. The number of piperidine rings is 1. The van der Waals surface area contributed by atoms with Gasteiger partial charge in [-0.1, -0.05) is 34.5 Å². The van der Waals surface area contributed by atoms with E-state index < -0.39 is 0 Å². The molecular weight excluding hydrogens is 312 g/mol. The van der Waals surface area contributed by atoms with Crippen molar-refractivity contribution in [2.75, 3.05) is 13.1 Å². The summed E-state index contributed by atoms with van der Waals surface area (Å²) in [7, 11) is 0. The summed E-state index contributed by atoms with van der Waals surface area (Å²) in [5.74, 6) is 0. The maximum absolute atomic E-state index is 3.69. The first kappa shape index (κ1) is 14.6. The van der Waals surface area contributed by atoms with Gasteiger partial charge in [0.05, 0.1) is 0 Å². The van der Waals surface area contributed by atoms with E-state index in [0.717, 1.165) is 12.6 Å². The maximum Gasteiger partial charge on any atom is 0.0237 e. The Kier molecular flexibility index (Phi) is 4.79. The minimum absolute atomic E-state index is 0.709. The van der Waals surface area contributed by atoms with Crippen LogP contribution >= 0.6 is 15.9 Å². The number of halogens is 1. The molecule has 1 aliphatic carbocycles. The summed E-state index contributed by atoms with van der Waals surface area (Å²) in [5.41, 5.74) is 2.79. The number of hydrogen-bond donors (Lipinski definition) is 1. The number of nitrogens with one attached hydrogen (secondary N) is 1. The van der Waals surface area contributed by atoms with Crippen molar-refractivity contribution in [1.29, 1.82) is 0 Å². The van der Waals surface area contributed by atoms with E-state index in [4.69, 9.17) is 0 Å². The van der Waals surface area contributed by atoms with Gasteiger partial charge in [0, 0.05) is 29.6 Å². The lowest BCUT2D eigenvalue weighted by molar-refractivity contribution is 0.208. The Labute approximate surface area is 131 Å². The van der Waals surface area contributed by atoms with Crippen LogP contribution in [-0.2, 0) is 6.54 Å². The summed E-state index contributed by atoms with van der Waals surface area (Å²) in [6.07, 6.45) is 6.88. The first-order chi connectivity index (χ1) is 9.72. The van der Waals surface area contributed by atoms with E-state index in [0.29, 0.717) is 6.04 Å². The molecule has 110 valence electrons. The van der Waals surface area contributed by atoms with Gasteiger partial charge in [-0.2, -0.15) is 0 Å². The van der Waals surface area contributed by atoms with Crippen molar-refractivity contribution in [2.45, 2.75) is 57.7 Å². The summed E-state index contributed by atoms with van der Waals surface area (Å²) in [6.45, 7) is 5.72. The molecule has 1 saturated heterocycles. The number of rotatable bonds is 5. The minimum Gasteiger partial charge on any atom is -0.313 e. The maximum atomic E-state index is 3.69. The molecule has 1 unspecified atom stereocenters. The summed E-state index contributed by atoms with van der Waals surface area (Å²) >= 11 is 3.59. The van der Waals surface area contributed by atoms with Crippen molar-refractivity contribution >= 4 is 15.9 Å². The first-order valence-corrected chi connectivity index (χ1v) is 8.74. The highest BCUT2D eigenvalue weighted by Gasteiger charge is 2.30. The van der Waals surface area contributed by atoms with Crippen molar-refractivity contribution in [3.63, 3.8) is 0 Å². The zero-order valence-electron chi connectivity index (χ0n) is 12.4. The highest BCUT2D eigenvalue weighted by atomic mass is 79.9. The second-order valence-electron chi connectivity index (χ2n) is 6.39. The van der Waals surface area contributed by atoms with Gasteiger partial charge in [0.2, 0.25) is 0 Å². The fourth-order valence-electron chi connectivity index (χ4n) is 3.18. The molecule has 20 heavy (non-hydrogen) atoms. The molecule has 1 N–H and O–H groups in total. The predicted octanol–water partition coefficient (Wildman–Crippen LogP) is 3.86. The van der Waals surface area contributed by atoms with Crippen molar-refractivity contribution in [1.82, 2.24) is 10.2 Å². The highest BCUT2D eigenvalue weighted by Crippen LogP contribution is 2.29. The van der Waals surface area contributed by atoms with Crippen molar-refractivity contribution in [3.05, 3.63) is 33.8 Å². The molecule has 1 saturated carbocycles. The standard InChI is InChI=1S/C17H25BrN2/c1-13-10-14(5-8-17(13)18)11-20(16-6-7-16)12-15-4-2-3-9-19-15/h5,8,10,15-16,19H,2-4,6-7,9,11-12H2,1H3. The van der Waals surface area contributed by atoms with Crippen LogP contribution in [0, 0.1) is 6.92 Å².